The smallest absolute Gasteiger partial charge is 0.314 e. The molecule has 3 rings (SSSR count). The monoisotopic (exact) mass is 384 g/mol. The molecule has 0 N–H and O–H groups in total. The fourth-order valence-electron chi connectivity index (χ4n) is 2.44. The van der Waals surface area contributed by atoms with E-state index in [-0.39, 0.29) is 16.3 Å². The minimum absolute atomic E-state index is 0.0341. The van der Waals surface area contributed by atoms with E-state index < -0.39 is 31.5 Å². The molecule has 0 bridgehead atoms. The van der Waals surface area contributed by atoms with Crippen molar-refractivity contribution in [1.29, 1.82) is 5.26 Å². The number of allylic oxidation sites excluding steroid dienone is 1. The van der Waals surface area contributed by atoms with Crippen molar-refractivity contribution in [1.82, 2.24) is 0 Å². The van der Waals surface area contributed by atoms with Crippen LogP contribution in [0.1, 0.15) is 5.56 Å². The lowest BCUT2D eigenvalue weighted by Crippen LogP contribution is -2.21. The van der Waals surface area contributed by atoms with Crippen molar-refractivity contribution >= 4 is 32.8 Å². The zero-order chi connectivity index (χ0) is 18.4. The molecule has 1 aliphatic heterocycles. The quantitative estimate of drug-likeness (QED) is 0.718. The first-order chi connectivity index (χ1) is 11.7. The number of sulfone groups is 1. The number of hydrogen-bond acceptors (Lipinski definition) is 4. The molecule has 2 aromatic rings. The van der Waals surface area contributed by atoms with Crippen LogP contribution in [-0.4, -0.2) is 8.42 Å². The van der Waals surface area contributed by atoms with Crippen LogP contribution >= 0.6 is 11.6 Å². The van der Waals surface area contributed by atoms with E-state index in [9.17, 15) is 21.6 Å². The Kier molecular flexibility index (Phi) is 4.01. The maximum absolute atomic E-state index is 13.1. The minimum Gasteiger partial charge on any atom is -0.314 e. The van der Waals surface area contributed by atoms with Crippen LogP contribution in [0.3, 0.4) is 0 Å². The summed E-state index contributed by atoms with van der Waals surface area (Å²) >= 11 is 5.62. The number of nitrogens with zero attached hydrogens (tertiary/aromatic N) is 2. The van der Waals surface area contributed by atoms with E-state index in [1.807, 2.05) is 0 Å². The second kappa shape index (κ2) is 5.79. The van der Waals surface area contributed by atoms with Crippen molar-refractivity contribution in [2.24, 2.45) is 0 Å². The molecule has 0 amide bonds. The molecule has 9 heteroatoms. The Hall–Kier alpha value is -2.50. The summed E-state index contributed by atoms with van der Waals surface area (Å²) < 4.78 is 64.0. The third-order valence-electron chi connectivity index (χ3n) is 3.59. The number of anilines is 2. The summed E-state index contributed by atoms with van der Waals surface area (Å²) in [6.07, 6.45) is -3.67. The number of rotatable bonds is 1. The summed E-state index contributed by atoms with van der Waals surface area (Å²) in [5.41, 5.74) is -0.867. The van der Waals surface area contributed by atoms with Gasteiger partial charge in [-0.25, -0.2) is 8.42 Å². The number of benzene rings is 2. The van der Waals surface area contributed by atoms with Gasteiger partial charge < -0.3 is 4.90 Å². The summed E-state index contributed by atoms with van der Waals surface area (Å²) in [6, 6.07) is 10.5. The van der Waals surface area contributed by atoms with Crippen molar-refractivity contribution in [2.45, 2.75) is 11.1 Å². The molecule has 0 fully saturated rings. The highest BCUT2D eigenvalue weighted by molar-refractivity contribution is 7.95. The van der Waals surface area contributed by atoms with Crippen LogP contribution in [0.15, 0.2) is 58.5 Å². The van der Waals surface area contributed by atoms with Crippen LogP contribution in [0.25, 0.3) is 0 Å². The van der Waals surface area contributed by atoms with Crippen LogP contribution in [0.4, 0.5) is 24.5 Å². The summed E-state index contributed by atoms with van der Waals surface area (Å²) in [4.78, 5) is 0.507. The minimum atomic E-state index is -4.67. The van der Waals surface area contributed by atoms with Gasteiger partial charge in [0.2, 0.25) is 9.84 Å². The van der Waals surface area contributed by atoms with Gasteiger partial charge in [0.1, 0.15) is 6.07 Å². The van der Waals surface area contributed by atoms with Crippen molar-refractivity contribution in [2.75, 3.05) is 4.90 Å². The van der Waals surface area contributed by atoms with Gasteiger partial charge in [-0.05, 0) is 30.3 Å². The number of hydrogen-bond donors (Lipinski definition) is 0. The van der Waals surface area contributed by atoms with Gasteiger partial charge in [0.15, 0.2) is 4.91 Å². The summed E-state index contributed by atoms with van der Waals surface area (Å²) in [5.74, 6) is 0. The molecule has 0 unspecified atom stereocenters. The second-order valence-corrected chi connectivity index (χ2v) is 7.40. The van der Waals surface area contributed by atoms with Crippen molar-refractivity contribution < 1.29 is 21.6 Å². The van der Waals surface area contributed by atoms with E-state index >= 15 is 0 Å². The molecular weight excluding hydrogens is 377 g/mol. The first-order valence-corrected chi connectivity index (χ1v) is 8.64. The molecule has 0 radical (unpaired) electrons. The van der Waals surface area contributed by atoms with Gasteiger partial charge in [0, 0.05) is 11.9 Å². The number of nitriles is 1. The van der Waals surface area contributed by atoms with E-state index in [4.69, 9.17) is 16.9 Å². The molecule has 0 atom stereocenters. The molecule has 2 aromatic carbocycles. The maximum atomic E-state index is 13.1. The van der Waals surface area contributed by atoms with E-state index in [2.05, 4.69) is 0 Å². The van der Waals surface area contributed by atoms with Crippen LogP contribution < -0.4 is 4.90 Å². The summed E-state index contributed by atoms with van der Waals surface area (Å²) in [5, 5.41) is 8.65. The van der Waals surface area contributed by atoms with Crippen molar-refractivity contribution in [3.8, 4) is 6.07 Å². The van der Waals surface area contributed by atoms with E-state index in [0.717, 1.165) is 18.3 Å². The molecule has 0 saturated carbocycles. The van der Waals surface area contributed by atoms with Gasteiger partial charge in [0.05, 0.1) is 21.2 Å². The molecular formula is C16H8ClF3N2O2S. The van der Waals surface area contributed by atoms with Gasteiger partial charge in [-0.1, -0.05) is 23.7 Å². The molecule has 25 heavy (non-hydrogen) atoms. The van der Waals surface area contributed by atoms with E-state index in [1.165, 1.54) is 29.2 Å². The topological polar surface area (TPSA) is 61.2 Å². The predicted octanol–water partition coefficient (Wildman–Crippen LogP) is 4.65. The predicted molar refractivity (Wildman–Crippen MR) is 85.9 cm³/mol. The van der Waals surface area contributed by atoms with Crippen LogP contribution in [0, 0.1) is 11.3 Å². The molecule has 0 spiro atoms. The average Bonchev–Trinajstić information content (AvgIpc) is 2.55. The van der Waals surface area contributed by atoms with Gasteiger partial charge in [-0.15, -0.1) is 0 Å². The highest BCUT2D eigenvalue weighted by Crippen LogP contribution is 2.42. The van der Waals surface area contributed by atoms with Gasteiger partial charge in [0.25, 0.3) is 0 Å². The Morgan fingerprint density at radius 3 is 2.44 bits per heavy atom. The Morgan fingerprint density at radius 2 is 1.80 bits per heavy atom. The van der Waals surface area contributed by atoms with Gasteiger partial charge in [-0.2, -0.15) is 18.4 Å². The Bertz CT molecular complexity index is 1040. The molecule has 4 nitrogen and oxygen atoms in total. The lowest BCUT2D eigenvalue weighted by Gasteiger charge is -2.28. The number of para-hydroxylation sites is 1. The lowest BCUT2D eigenvalue weighted by atomic mass is 10.1. The lowest BCUT2D eigenvalue weighted by molar-refractivity contribution is -0.137. The van der Waals surface area contributed by atoms with Crippen molar-refractivity contribution in [3.05, 3.63) is 64.2 Å². The van der Waals surface area contributed by atoms with Crippen molar-refractivity contribution in [3.63, 3.8) is 0 Å². The third kappa shape index (κ3) is 2.86. The summed E-state index contributed by atoms with van der Waals surface area (Å²) in [6.45, 7) is 0. The number of halogens is 4. The van der Waals surface area contributed by atoms with Crippen LogP contribution in [-0.2, 0) is 16.0 Å². The van der Waals surface area contributed by atoms with Gasteiger partial charge >= 0.3 is 6.18 Å². The highest BCUT2D eigenvalue weighted by Gasteiger charge is 2.35. The second-order valence-electron chi connectivity index (χ2n) is 5.11. The van der Waals surface area contributed by atoms with Crippen LogP contribution in [0.5, 0.6) is 0 Å². The number of fused-ring (bicyclic) bond motifs is 1. The SMILES string of the molecule is N#CC1=CN(c2ccc(Cl)c(C(F)(F)F)c2)c2ccccc2S1(=O)=O. The van der Waals surface area contributed by atoms with E-state index in [1.54, 1.807) is 12.1 Å². The first kappa shape index (κ1) is 17.3. The normalized spacial score (nSPS) is 16.0. The first-order valence-electron chi connectivity index (χ1n) is 6.78. The maximum Gasteiger partial charge on any atom is 0.417 e. The Balaban J connectivity index is 2.26. The zero-order valence-electron chi connectivity index (χ0n) is 12.2. The zero-order valence-corrected chi connectivity index (χ0v) is 13.8. The molecule has 0 aromatic heterocycles. The standard InChI is InChI=1S/C16H8ClF3N2O2S/c17-13-6-5-10(7-12(13)16(18,19)20)22-9-11(8-21)25(23,24)15-4-2-1-3-14(15)22/h1-7,9H. The molecule has 128 valence electrons. The largest absolute Gasteiger partial charge is 0.417 e. The van der Waals surface area contributed by atoms with Gasteiger partial charge in [-0.3, -0.25) is 0 Å². The highest BCUT2D eigenvalue weighted by atomic mass is 35.5. The van der Waals surface area contributed by atoms with Crippen LogP contribution in [0.2, 0.25) is 5.02 Å². The third-order valence-corrected chi connectivity index (χ3v) is 5.62. The number of alkyl halides is 3. The fraction of sp³-hybridized carbons (Fsp3) is 0.0625. The molecule has 1 aliphatic rings. The Morgan fingerprint density at radius 1 is 1.12 bits per heavy atom. The Labute approximate surface area is 146 Å². The van der Waals surface area contributed by atoms with E-state index in [0.29, 0.717) is 0 Å². The molecule has 0 saturated heterocycles. The fourth-order valence-corrected chi connectivity index (χ4v) is 3.97. The average molecular weight is 385 g/mol. The molecule has 0 aliphatic carbocycles. The molecule has 1 heterocycles. The summed E-state index contributed by atoms with van der Waals surface area (Å²) in [7, 11) is -4.01.